The van der Waals surface area contributed by atoms with Gasteiger partial charge < -0.3 is 23.8 Å². The number of ether oxygens (including phenoxy) is 4. The third-order valence-electron chi connectivity index (χ3n) is 4.65. The van der Waals surface area contributed by atoms with E-state index in [1.807, 2.05) is 52.0 Å². The van der Waals surface area contributed by atoms with Crippen molar-refractivity contribution in [3.63, 3.8) is 0 Å². The number of nitrogens with zero attached hydrogens (tertiary/aromatic N) is 1. The second kappa shape index (κ2) is 11.7. The second-order valence-electron chi connectivity index (χ2n) is 8.47. The zero-order chi connectivity index (χ0) is 22.1. The fraction of sp³-hybridized carbons (Fsp3) is 0.609. The zero-order valence-corrected chi connectivity index (χ0v) is 20.3. The van der Waals surface area contributed by atoms with Gasteiger partial charge in [-0.2, -0.15) is 0 Å². The lowest BCUT2D eigenvalue weighted by molar-refractivity contribution is 0.00671. The molecule has 1 unspecified atom stereocenters. The first-order valence-corrected chi connectivity index (χ1v) is 11.2. The van der Waals surface area contributed by atoms with E-state index in [1.165, 1.54) is 0 Å². The van der Waals surface area contributed by atoms with Crippen LogP contribution in [0.4, 0.5) is 4.79 Å². The van der Waals surface area contributed by atoms with Gasteiger partial charge in [-0.05, 0) is 70.2 Å². The summed E-state index contributed by atoms with van der Waals surface area (Å²) in [5, 5.41) is 0. The molecule has 168 valence electrons. The van der Waals surface area contributed by atoms with Crippen molar-refractivity contribution in [2.45, 2.75) is 58.7 Å². The zero-order valence-electron chi connectivity index (χ0n) is 18.7. The maximum Gasteiger partial charge on any atom is 0.410 e. The first-order chi connectivity index (χ1) is 14.2. The molecule has 1 saturated heterocycles. The van der Waals surface area contributed by atoms with Gasteiger partial charge in [0.2, 0.25) is 0 Å². The van der Waals surface area contributed by atoms with Gasteiger partial charge in [0, 0.05) is 18.1 Å². The smallest absolute Gasteiger partial charge is 0.410 e. The molecule has 0 N–H and O–H groups in total. The Morgan fingerprint density at radius 1 is 1.30 bits per heavy atom. The van der Waals surface area contributed by atoms with E-state index in [-0.39, 0.29) is 19.0 Å². The van der Waals surface area contributed by atoms with Crippen molar-refractivity contribution in [2.24, 2.45) is 0 Å². The lowest BCUT2D eigenvalue weighted by atomic mass is 10.1. The van der Waals surface area contributed by atoms with E-state index in [0.717, 1.165) is 40.6 Å². The summed E-state index contributed by atoms with van der Waals surface area (Å²) in [5.74, 6) is 0.760. The van der Waals surface area contributed by atoms with E-state index >= 15 is 0 Å². The Bertz CT molecular complexity index is 706. The molecule has 6 nitrogen and oxygen atoms in total. The largest absolute Gasteiger partial charge is 0.468 e. The average molecular weight is 484 g/mol. The average Bonchev–Trinajstić information content (AvgIpc) is 2.89. The van der Waals surface area contributed by atoms with Crippen LogP contribution in [0, 0.1) is 6.92 Å². The summed E-state index contributed by atoms with van der Waals surface area (Å²) >= 11 is 3.61. The number of rotatable bonds is 7. The van der Waals surface area contributed by atoms with E-state index in [4.69, 9.17) is 18.9 Å². The summed E-state index contributed by atoms with van der Waals surface area (Å²) < 4.78 is 23.0. The number of carbonyl (C=O) groups is 1. The number of likely N-dealkylation sites (tertiary alicyclic amines) is 1. The highest BCUT2D eigenvalue weighted by atomic mass is 79.9. The van der Waals surface area contributed by atoms with Crippen molar-refractivity contribution in [1.82, 2.24) is 4.90 Å². The van der Waals surface area contributed by atoms with E-state index in [9.17, 15) is 4.79 Å². The minimum absolute atomic E-state index is 0.0130. The van der Waals surface area contributed by atoms with E-state index in [1.54, 1.807) is 12.0 Å². The van der Waals surface area contributed by atoms with E-state index in [0.29, 0.717) is 19.7 Å². The van der Waals surface area contributed by atoms with Crippen LogP contribution in [-0.2, 0) is 14.2 Å². The standard InChI is InChI=1S/C23H34BrNO5/c1-17-13-19(29-16-27-5)14-21(24)20(17)10-8-12-28-18-9-6-7-11-25(15-18)22(26)30-23(2,3)4/h8,10,13-14,18H,6-7,9,11-12,15-16H2,1-5H3/b10-8+. The molecule has 1 heterocycles. The molecule has 0 aromatic heterocycles. The molecule has 0 radical (unpaired) electrons. The van der Waals surface area contributed by atoms with Gasteiger partial charge in [0.1, 0.15) is 11.4 Å². The minimum atomic E-state index is -0.488. The topological polar surface area (TPSA) is 57.2 Å². The molecule has 7 heteroatoms. The van der Waals surface area contributed by atoms with Crippen molar-refractivity contribution in [2.75, 3.05) is 33.6 Å². The Kier molecular flexibility index (Phi) is 9.65. The number of halogens is 1. The number of amides is 1. The molecule has 1 fully saturated rings. The van der Waals surface area contributed by atoms with Gasteiger partial charge in [-0.3, -0.25) is 0 Å². The van der Waals surface area contributed by atoms with Crippen LogP contribution in [0.2, 0.25) is 0 Å². The summed E-state index contributed by atoms with van der Waals surface area (Å²) in [6, 6.07) is 3.91. The monoisotopic (exact) mass is 483 g/mol. The third kappa shape index (κ3) is 8.28. The molecule has 0 spiro atoms. The van der Waals surface area contributed by atoms with Crippen LogP contribution in [-0.4, -0.2) is 56.3 Å². The lowest BCUT2D eigenvalue weighted by Gasteiger charge is -2.28. The van der Waals surface area contributed by atoms with Crippen molar-refractivity contribution in [3.8, 4) is 5.75 Å². The predicted molar refractivity (Wildman–Crippen MR) is 122 cm³/mol. The predicted octanol–water partition coefficient (Wildman–Crippen LogP) is 5.56. The molecule has 1 aliphatic heterocycles. The van der Waals surface area contributed by atoms with Crippen LogP contribution < -0.4 is 4.74 Å². The molecule has 1 aromatic rings. The maximum atomic E-state index is 12.4. The number of aryl methyl sites for hydroxylation is 1. The highest BCUT2D eigenvalue weighted by Gasteiger charge is 2.26. The van der Waals surface area contributed by atoms with Crippen molar-refractivity contribution in [1.29, 1.82) is 0 Å². The van der Waals surface area contributed by atoms with Crippen LogP contribution in [0.15, 0.2) is 22.7 Å². The number of carbonyl (C=O) groups excluding carboxylic acids is 1. The highest BCUT2D eigenvalue weighted by molar-refractivity contribution is 9.10. The first-order valence-electron chi connectivity index (χ1n) is 10.4. The molecule has 1 aliphatic rings. The molecule has 0 bridgehead atoms. The molecule has 1 amide bonds. The second-order valence-corrected chi connectivity index (χ2v) is 9.32. The molecule has 30 heavy (non-hydrogen) atoms. The van der Waals surface area contributed by atoms with Gasteiger partial charge in [0.15, 0.2) is 6.79 Å². The summed E-state index contributed by atoms with van der Waals surface area (Å²) in [6.07, 6.45) is 6.76. The van der Waals surface area contributed by atoms with Crippen LogP contribution >= 0.6 is 15.9 Å². The Labute approximate surface area is 188 Å². The summed E-state index contributed by atoms with van der Waals surface area (Å²) in [5.41, 5.74) is 1.69. The molecule has 0 aliphatic carbocycles. The summed E-state index contributed by atoms with van der Waals surface area (Å²) in [7, 11) is 1.60. The third-order valence-corrected chi connectivity index (χ3v) is 5.30. The SMILES string of the molecule is COCOc1cc(C)c(/C=C/COC2CCCCN(C(=O)OC(C)(C)C)C2)c(Br)c1. The molecular weight excluding hydrogens is 450 g/mol. The van der Waals surface area contributed by atoms with Crippen LogP contribution in [0.5, 0.6) is 5.75 Å². The quantitative estimate of drug-likeness (QED) is 0.475. The fourth-order valence-electron chi connectivity index (χ4n) is 3.23. The fourth-order valence-corrected chi connectivity index (χ4v) is 3.90. The Hall–Kier alpha value is -1.57. The Balaban J connectivity index is 1.90. The minimum Gasteiger partial charge on any atom is -0.468 e. The Morgan fingerprint density at radius 3 is 2.73 bits per heavy atom. The van der Waals surface area contributed by atoms with Gasteiger partial charge in [-0.25, -0.2) is 4.79 Å². The normalized spacial score (nSPS) is 17.8. The van der Waals surface area contributed by atoms with Crippen molar-refractivity contribution >= 4 is 28.1 Å². The Morgan fingerprint density at radius 2 is 2.07 bits per heavy atom. The maximum absolute atomic E-state index is 12.4. The van der Waals surface area contributed by atoms with Crippen molar-refractivity contribution < 1.29 is 23.7 Å². The van der Waals surface area contributed by atoms with E-state index < -0.39 is 5.60 Å². The highest BCUT2D eigenvalue weighted by Crippen LogP contribution is 2.28. The van der Waals surface area contributed by atoms with E-state index in [2.05, 4.69) is 15.9 Å². The van der Waals surface area contributed by atoms with Gasteiger partial charge >= 0.3 is 6.09 Å². The summed E-state index contributed by atoms with van der Waals surface area (Å²) in [4.78, 5) is 14.2. The number of benzene rings is 1. The van der Waals surface area contributed by atoms with Gasteiger partial charge in [0.05, 0.1) is 19.3 Å². The van der Waals surface area contributed by atoms with Gasteiger partial charge in [-0.15, -0.1) is 0 Å². The summed E-state index contributed by atoms with van der Waals surface area (Å²) in [6.45, 7) is 9.69. The van der Waals surface area contributed by atoms with Gasteiger partial charge in [0.25, 0.3) is 0 Å². The van der Waals surface area contributed by atoms with Crippen LogP contribution in [0.1, 0.15) is 51.2 Å². The molecule has 1 aromatic carbocycles. The molecule has 2 rings (SSSR count). The first kappa shape index (κ1) is 24.7. The van der Waals surface area contributed by atoms with Crippen LogP contribution in [0.3, 0.4) is 0 Å². The number of hydrogen-bond acceptors (Lipinski definition) is 5. The number of methoxy groups -OCH3 is 1. The lowest BCUT2D eigenvalue weighted by Crippen LogP contribution is -2.40. The molecule has 1 atom stereocenters. The van der Waals surface area contributed by atoms with Gasteiger partial charge in [-0.1, -0.05) is 28.1 Å². The van der Waals surface area contributed by atoms with Crippen molar-refractivity contribution in [3.05, 3.63) is 33.8 Å². The molecule has 0 saturated carbocycles. The number of hydrogen-bond donors (Lipinski definition) is 0. The molecular formula is C23H34BrNO5. The van der Waals surface area contributed by atoms with Crippen LogP contribution in [0.25, 0.3) is 6.08 Å².